The summed E-state index contributed by atoms with van der Waals surface area (Å²) >= 11 is 0. The minimum absolute atomic E-state index is 0.379. The fraction of sp³-hybridized carbons (Fsp3) is 0.154. The van der Waals surface area contributed by atoms with Gasteiger partial charge in [0.2, 0.25) is 0 Å². The van der Waals surface area contributed by atoms with Gasteiger partial charge in [-0.05, 0) is 29.8 Å². The highest BCUT2D eigenvalue weighted by molar-refractivity contribution is 5.38. The lowest BCUT2D eigenvalue weighted by Gasteiger charge is -2.14. The monoisotopic (exact) mass is 243 g/mol. The zero-order valence-electron chi connectivity index (χ0n) is 9.98. The zero-order valence-corrected chi connectivity index (χ0v) is 9.98. The number of methoxy groups -OCH3 is 1. The van der Waals surface area contributed by atoms with Crippen molar-refractivity contribution in [2.24, 2.45) is 5.29 Å². The smallest absolute Gasteiger partial charge is 0.152 e. The average Bonchev–Trinajstić information content (AvgIpc) is 2.46. The second-order valence-corrected chi connectivity index (χ2v) is 3.68. The van der Waals surface area contributed by atoms with E-state index >= 15 is 0 Å². The van der Waals surface area contributed by atoms with Crippen LogP contribution in [-0.4, -0.2) is 12.1 Å². The number of pyridine rings is 1. The van der Waals surface area contributed by atoms with Crippen molar-refractivity contribution in [2.75, 3.05) is 12.1 Å². The molecule has 0 unspecified atom stereocenters. The van der Waals surface area contributed by atoms with Gasteiger partial charge in [0.15, 0.2) is 5.82 Å². The lowest BCUT2D eigenvalue weighted by atomic mass is 10.2. The van der Waals surface area contributed by atoms with Gasteiger partial charge in [-0.15, -0.1) is 4.91 Å². The number of anilines is 1. The van der Waals surface area contributed by atoms with Gasteiger partial charge in [0, 0.05) is 6.20 Å². The Kier molecular flexibility index (Phi) is 3.86. The Hall–Kier alpha value is -2.43. The Morgan fingerprint density at radius 1 is 1.22 bits per heavy atom. The summed E-state index contributed by atoms with van der Waals surface area (Å²) < 4.78 is 5.07. The van der Waals surface area contributed by atoms with E-state index in [0.29, 0.717) is 12.4 Å². The normalized spacial score (nSPS) is 9.83. The van der Waals surface area contributed by atoms with Gasteiger partial charge < -0.3 is 4.74 Å². The molecule has 0 aliphatic carbocycles. The molecule has 2 aromatic rings. The Balaban J connectivity index is 2.13. The van der Waals surface area contributed by atoms with Crippen molar-refractivity contribution in [1.29, 1.82) is 0 Å². The molecule has 0 saturated heterocycles. The first-order valence-electron chi connectivity index (χ1n) is 5.48. The van der Waals surface area contributed by atoms with Gasteiger partial charge in [0.1, 0.15) is 5.75 Å². The van der Waals surface area contributed by atoms with Crippen LogP contribution >= 0.6 is 0 Å². The lowest BCUT2D eigenvalue weighted by Crippen LogP contribution is -2.15. The summed E-state index contributed by atoms with van der Waals surface area (Å²) in [5, 5.41) is 4.29. The van der Waals surface area contributed by atoms with Gasteiger partial charge in [-0.25, -0.2) is 9.99 Å². The summed E-state index contributed by atoms with van der Waals surface area (Å²) in [6, 6.07) is 12.8. The molecule has 2 rings (SSSR count). The van der Waals surface area contributed by atoms with Crippen molar-refractivity contribution in [3.8, 4) is 5.75 Å². The summed E-state index contributed by atoms with van der Waals surface area (Å²) in [6.07, 6.45) is 1.63. The van der Waals surface area contributed by atoms with Gasteiger partial charge in [-0.1, -0.05) is 18.2 Å². The maximum atomic E-state index is 10.8. The van der Waals surface area contributed by atoms with Crippen LogP contribution in [0.25, 0.3) is 0 Å². The summed E-state index contributed by atoms with van der Waals surface area (Å²) in [6.45, 7) is 0.379. The largest absolute Gasteiger partial charge is 0.497 e. The fourth-order valence-electron chi connectivity index (χ4n) is 1.56. The van der Waals surface area contributed by atoms with Crippen LogP contribution in [0, 0.1) is 4.91 Å². The standard InChI is InChI=1S/C13H13N3O2/c1-18-12-7-5-11(6-8-12)10-16(15-17)13-4-2-3-9-14-13/h2-9H,10H2,1H3. The fourth-order valence-corrected chi connectivity index (χ4v) is 1.56. The molecule has 0 aliphatic heterocycles. The van der Waals surface area contributed by atoms with Crippen LogP contribution in [0.15, 0.2) is 53.9 Å². The Morgan fingerprint density at radius 3 is 2.56 bits per heavy atom. The maximum absolute atomic E-state index is 10.8. The molecule has 0 N–H and O–H groups in total. The molecule has 5 heteroatoms. The van der Waals surface area contributed by atoms with E-state index in [1.54, 1.807) is 25.4 Å². The van der Waals surface area contributed by atoms with Crippen molar-refractivity contribution in [3.05, 3.63) is 59.1 Å². The molecule has 0 spiro atoms. The number of benzene rings is 1. The molecule has 0 aliphatic rings. The molecule has 18 heavy (non-hydrogen) atoms. The molecule has 0 radical (unpaired) electrons. The van der Waals surface area contributed by atoms with E-state index in [-0.39, 0.29) is 0 Å². The predicted molar refractivity (Wildman–Crippen MR) is 69.2 cm³/mol. The maximum Gasteiger partial charge on any atom is 0.152 e. The van der Waals surface area contributed by atoms with Crippen LogP contribution in [0.1, 0.15) is 5.56 Å². The Labute approximate surface area is 105 Å². The van der Waals surface area contributed by atoms with Gasteiger partial charge in [-0.2, -0.15) is 0 Å². The predicted octanol–water partition coefficient (Wildman–Crippen LogP) is 2.78. The first-order valence-corrected chi connectivity index (χ1v) is 5.48. The van der Waals surface area contributed by atoms with Crippen LogP contribution in [0.5, 0.6) is 5.75 Å². The topological polar surface area (TPSA) is 54.8 Å². The third-order valence-electron chi connectivity index (χ3n) is 2.50. The molecule has 0 saturated carbocycles. The Bertz CT molecular complexity index is 499. The number of hydrogen-bond acceptors (Lipinski definition) is 4. The van der Waals surface area contributed by atoms with Crippen LogP contribution in [0.4, 0.5) is 5.82 Å². The average molecular weight is 243 g/mol. The van der Waals surface area contributed by atoms with Crippen molar-refractivity contribution in [2.45, 2.75) is 6.54 Å². The molecule has 1 aromatic heterocycles. The van der Waals surface area contributed by atoms with E-state index in [9.17, 15) is 4.91 Å². The highest BCUT2D eigenvalue weighted by Crippen LogP contribution is 2.16. The summed E-state index contributed by atoms with van der Waals surface area (Å²) in [5.41, 5.74) is 0.959. The van der Waals surface area contributed by atoms with E-state index in [0.717, 1.165) is 11.3 Å². The number of hydrogen-bond donors (Lipinski definition) is 0. The van der Waals surface area contributed by atoms with E-state index in [1.807, 2.05) is 30.3 Å². The number of ether oxygens (including phenoxy) is 1. The van der Waals surface area contributed by atoms with Crippen LogP contribution in [0.2, 0.25) is 0 Å². The van der Waals surface area contributed by atoms with E-state index in [4.69, 9.17) is 4.74 Å². The highest BCUT2D eigenvalue weighted by Gasteiger charge is 2.08. The van der Waals surface area contributed by atoms with E-state index < -0.39 is 0 Å². The first kappa shape index (κ1) is 12.0. The highest BCUT2D eigenvalue weighted by atomic mass is 16.5. The quantitative estimate of drug-likeness (QED) is 0.598. The summed E-state index contributed by atoms with van der Waals surface area (Å²) in [7, 11) is 1.61. The number of aromatic nitrogens is 1. The first-order chi connectivity index (χ1) is 8.83. The number of nitrogens with zero attached hydrogens (tertiary/aromatic N) is 3. The van der Waals surface area contributed by atoms with Crippen molar-refractivity contribution >= 4 is 5.82 Å². The van der Waals surface area contributed by atoms with E-state index in [1.165, 1.54) is 5.01 Å². The molecule has 0 amide bonds. The molecule has 0 bridgehead atoms. The van der Waals surface area contributed by atoms with E-state index in [2.05, 4.69) is 10.3 Å². The molecule has 92 valence electrons. The van der Waals surface area contributed by atoms with Crippen LogP contribution < -0.4 is 9.75 Å². The molecule has 5 nitrogen and oxygen atoms in total. The molecule has 1 aromatic carbocycles. The van der Waals surface area contributed by atoms with Crippen LogP contribution in [-0.2, 0) is 6.54 Å². The third-order valence-corrected chi connectivity index (χ3v) is 2.50. The summed E-state index contributed by atoms with van der Waals surface area (Å²) in [4.78, 5) is 14.9. The number of nitroso groups, excluding NO2 is 1. The minimum atomic E-state index is 0.379. The van der Waals surface area contributed by atoms with Gasteiger partial charge in [0.05, 0.1) is 18.9 Å². The summed E-state index contributed by atoms with van der Waals surface area (Å²) in [5.74, 6) is 1.31. The van der Waals surface area contributed by atoms with Gasteiger partial charge in [0.25, 0.3) is 0 Å². The van der Waals surface area contributed by atoms with Crippen molar-refractivity contribution < 1.29 is 4.74 Å². The second kappa shape index (κ2) is 5.77. The van der Waals surface area contributed by atoms with Crippen molar-refractivity contribution in [1.82, 2.24) is 4.98 Å². The van der Waals surface area contributed by atoms with Crippen molar-refractivity contribution in [3.63, 3.8) is 0 Å². The zero-order chi connectivity index (χ0) is 12.8. The lowest BCUT2D eigenvalue weighted by molar-refractivity contribution is 0.414. The second-order valence-electron chi connectivity index (χ2n) is 3.68. The SMILES string of the molecule is COc1ccc(CN(N=O)c2ccccn2)cc1. The van der Waals surface area contributed by atoms with Gasteiger partial charge in [-0.3, -0.25) is 0 Å². The van der Waals surface area contributed by atoms with Gasteiger partial charge >= 0.3 is 0 Å². The molecule has 1 heterocycles. The molecular formula is C13H13N3O2. The molecule has 0 fully saturated rings. The van der Waals surface area contributed by atoms with Crippen LogP contribution in [0.3, 0.4) is 0 Å². The molecular weight excluding hydrogens is 230 g/mol. The molecule has 0 atom stereocenters. The third kappa shape index (κ3) is 2.82. The Morgan fingerprint density at radius 2 is 2.00 bits per heavy atom. The number of rotatable bonds is 5. The minimum Gasteiger partial charge on any atom is -0.497 e.